The van der Waals surface area contributed by atoms with Gasteiger partial charge in [-0.25, -0.2) is 4.79 Å². The number of nitro groups is 2. The molecule has 0 amide bonds. The lowest BCUT2D eigenvalue weighted by Crippen LogP contribution is -2.13. The summed E-state index contributed by atoms with van der Waals surface area (Å²) in [6.07, 6.45) is 0. The minimum atomic E-state index is -0.762. The van der Waals surface area contributed by atoms with Gasteiger partial charge in [0.25, 0.3) is 5.69 Å². The molecular weight excluding hydrogens is 436 g/mol. The van der Waals surface area contributed by atoms with Gasteiger partial charge in [0, 0.05) is 15.9 Å². The molecule has 3 rings (SSSR count). The Labute approximate surface area is 164 Å². The van der Waals surface area contributed by atoms with Gasteiger partial charge in [0.05, 0.1) is 27.2 Å². The fourth-order valence-electron chi connectivity index (χ4n) is 2.43. The van der Waals surface area contributed by atoms with E-state index < -0.39 is 26.8 Å². The molecule has 1 aromatic heterocycles. The number of anilines is 1. The van der Waals surface area contributed by atoms with Crippen LogP contribution < -0.4 is 11.1 Å². The van der Waals surface area contributed by atoms with Crippen LogP contribution in [0.2, 0.25) is 0 Å². The summed E-state index contributed by atoms with van der Waals surface area (Å²) in [4.78, 5) is 32.7. The average molecular weight is 447 g/mol. The second kappa shape index (κ2) is 7.56. The van der Waals surface area contributed by atoms with Crippen LogP contribution in [0.25, 0.3) is 11.0 Å². The molecule has 1 heterocycles. The van der Waals surface area contributed by atoms with Crippen LogP contribution in [0.4, 0.5) is 17.1 Å². The van der Waals surface area contributed by atoms with Crippen molar-refractivity contribution in [3.8, 4) is 0 Å². The molecule has 0 aliphatic heterocycles. The maximum absolute atomic E-state index is 12.2. The molecule has 0 saturated heterocycles. The number of benzene rings is 2. The van der Waals surface area contributed by atoms with Crippen LogP contribution in [0, 0.1) is 20.2 Å². The van der Waals surface area contributed by atoms with Crippen molar-refractivity contribution in [1.82, 2.24) is 0 Å². The Morgan fingerprint density at radius 2 is 1.86 bits per heavy atom. The maximum Gasteiger partial charge on any atom is 0.345 e. The van der Waals surface area contributed by atoms with Crippen LogP contribution >= 0.6 is 15.9 Å². The second-order valence-electron chi connectivity index (χ2n) is 5.65. The van der Waals surface area contributed by atoms with E-state index in [-0.39, 0.29) is 17.0 Å². The molecule has 28 heavy (non-hydrogen) atoms. The number of non-ortho nitro benzene ring substituents is 1. The van der Waals surface area contributed by atoms with Crippen molar-refractivity contribution >= 4 is 49.7 Å². The zero-order valence-electron chi connectivity index (χ0n) is 14.2. The summed E-state index contributed by atoms with van der Waals surface area (Å²) >= 11 is 3.34. The molecule has 11 heteroatoms. The number of halogens is 1. The van der Waals surface area contributed by atoms with Crippen LogP contribution in [0.1, 0.15) is 12.5 Å². The van der Waals surface area contributed by atoms with Gasteiger partial charge in [-0.15, -0.1) is 0 Å². The van der Waals surface area contributed by atoms with Crippen LogP contribution in [0.15, 0.2) is 61.3 Å². The monoisotopic (exact) mass is 446 g/mol. The van der Waals surface area contributed by atoms with Crippen LogP contribution in [0.5, 0.6) is 0 Å². The number of hydrogen-bond donors (Lipinski definition) is 1. The van der Waals surface area contributed by atoms with E-state index in [0.717, 1.165) is 16.6 Å². The van der Waals surface area contributed by atoms with Crippen molar-refractivity contribution in [2.45, 2.75) is 6.92 Å². The Balaban J connectivity index is 1.98. The molecule has 0 radical (unpaired) electrons. The highest BCUT2D eigenvalue weighted by Crippen LogP contribution is 2.29. The summed E-state index contributed by atoms with van der Waals surface area (Å²) in [5.74, 6) is 0. The van der Waals surface area contributed by atoms with Crippen LogP contribution in [-0.4, -0.2) is 15.6 Å². The zero-order chi connectivity index (χ0) is 20.4. The van der Waals surface area contributed by atoms with Gasteiger partial charge in [-0.1, -0.05) is 15.9 Å². The number of hydrazone groups is 1. The highest BCUT2D eigenvalue weighted by molar-refractivity contribution is 9.10. The number of hydrogen-bond acceptors (Lipinski definition) is 8. The molecule has 1 N–H and O–H groups in total. The molecule has 0 atom stereocenters. The van der Waals surface area contributed by atoms with Crippen molar-refractivity contribution < 1.29 is 14.3 Å². The van der Waals surface area contributed by atoms with Gasteiger partial charge in [0.2, 0.25) is 0 Å². The Morgan fingerprint density at radius 1 is 1.11 bits per heavy atom. The molecule has 2 aromatic carbocycles. The van der Waals surface area contributed by atoms with E-state index in [1.807, 2.05) is 0 Å². The Bertz CT molecular complexity index is 1200. The van der Waals surface area contributed by atoms with Crippen molar-refractivity contribution in [2.75, 3.05) is 5.43 Å². The standard InChI is InChI=1S/C17H11BrN4O6/c1-9(13-7-10-6-11(18)2-5-16(10)28-17(13)23)19-20-14-4-3-12(21(24)25)8-15(14)22(26)27/h2-8,20H,1H3/b19-9+. The first-order valence-electron chi connectivity index (χ1n) is 7.73. The third-order valence-corrected chi connectivity index (χ3v) is 4.31. The third kappa shape index (κ3) is 3.88. The van der Waals surface area contributed by atoms with Crippen molar-refractivity contribution in [3.63, 3.8) is 0 Å². The molecule has 0 unspecified atom stereocenters. The number of rotatable bonds is 5. The quantitative estimate of drug-likeness (QED) is 0.267. The van der Waals surface area contributed by atoms with Crippen molar-refractivity contribution in [3.05, 3.63) is 83.1 Å². The van der Waals surface area contributed by atoms with E-state index in [9.17, 15) is 25.0 Å². The summed E-state index contributed by atoms with van der Waals surface area (Å²) < 4.78 is 6.06. The summed E-state index contributed by atoms with van der Waals surface area (Å²) in [7, 11) is 0. The van der Waals surface area contributed by atoms with E-state index in [0.29, 0.717) is 11.0 Å². The minimum Gasteiger partial charge on any atom is -0.422 e. The first-order valence-corrected chi connectivity index (χ1v) is 8.52. The average Bonchev–Trinajstić information content (AvgIpc) is 2.65. The van der Waals surface area contributed by atoms with Gasteiger partial charge in [0.1, 0.15) is 11.3 Å². The van der Waals surface area contributed by atoms with Gasteiger partial charge in [-0.2, -0.15) is 5.10 Å². The molecular formula is C17H11BrN4O6. The van der Waals surface area contributed by atoms with Gasteiger partial charge < -0.3 is 4.42 Å². The van der Waals surface area contributed by atoms with E-state index in [2.05, 4.69) is 26.5 Å². The minimum absolute atomic E-state index is 0.0529. The van der Waals surface area contributed by atoms with E-state index in [1.54, 1.807) is 24.3 Å². The molecule has 142 valence electrons. The molecule has 0 spiro atoms. The lowest BCUT2D eigenvalue weighted by molar-refractivity contribution is -0.393. The highest BCUT2D eigenvalue weighted by Gasteiger charge is 2.19. The van der Waals surface area contributed by atoms with Gasteiger partial charge in [0.15, 0.2) is 0 Å². The summed E-state index contributed by atoms with van der Waals surface area (Å²) in [5, 5.41) is 26.6. The SMILES string of the molecule is C/C(=N\Nc1ccc([N+](=O)[O-])cc1[N+](=O)[O-])c1cc2cc(Br)ccc2oc1=O. The van der Waals surface area contributed by atoms with Crippen LogP contribution in [0.3, 0.4) is 0 Å². The molecule has 0 bridgehead atoms. The number of nitro benzene ring substituents is 2. The predicted molar refractivity (Wildman–Crippen MR) is 106 cm³/mol. The van der Waals surface area contributed by atoms with Crippen molar-refractivity contribution in [2.24, 2.45) is 5.10 Å². The first-order chi connectivity index (χ1) is 13.3. The number of nitrogens with one attached hydrogen (secondary N) is 1. The lowest BCUT2D eigenvalue weighted by atomic mass is 10.1. The van der Waals surface area contributed by atoms with E-state index >= 15 is 0 Å². The maximum atomic E-state index is 12.2. The van der Waals surface area contributed by atoms with E-state index in [1.165, 1.54) is 13.0 Å². The molecule has 0 aliphatic rings. The smallest absolute Gasteiger partial charge is 0.345 e. The predicted octanol–water partition coefficient (Wildman–Crippen LogP) is 4.21. The largest absolute Gasteiger partial charge is 0.422 e. The Hall–Kier alpha value is -3.60. The van der Waals surface area contributed by atoms with Crippen molar-refractivity contribution in [1.29, 1.82) is 0 Å². The first kappa shape index (κ1) is 19.2. The molecule has 0 fully saturated rings. The van der Waals surface area contributed by atoms with Crippen LogP contribution in [-0.2, 0) is 0 Å². The number of nitrogens with zero attached hydrogens (tertiary/aromatic N) is 3. The lowest BCUT2D eigenvalue weighted by Gasteiger charge is -2.05. The van der Waals surface area contributed by atoms with Gasteiger partial charge in [-0.05, 0) is 37.3 Å². The normalized spacial score (nSPS) is 11.4. The highest BCUT2D eigenvalue weighted by atomic mass is 79.9. The Morgan fingerprint density at radius 3 is 2.54 bits per heavy atom. The topological polar surface area (TPSA) is 141 Å². The third-order valence-electron chi connectivity index (χ3n) is 3.82. The van der Waals surface area contributed by atoms with Gasteiger partial charge in [-0.3, -0.25) is 25.7 Å². The van der Waals surface area contributed by atoms with E-state index in [4.69, 9.17) is 4.42 Å². The summed E-state index contributed by atoms with van der Waals surface area (Å²) in [6.45, 7) is 1.53. The fourth-order valence-corrected chi connectivity index (χ4v) is 2.81. The Kier molecular flexibility index (Phi) is 5.18. The number of fused-ring (bicyclic) bond motifs is 1. The molecule has 0 saturated carbocycles. The summed E-state index contributed by atoms with van der Waals surface area (Å²) in [6, 6.07) is 9.86. The molecule has 3 aromatic rings. The zero-order valence-corrected chi connectivity index (χ0v) is 15.8. The molecule has 10 nitrogen and oxygen atoms in total. The van der Waals surface area contributed by atoms with Gasteiger partial charge >= 0.3 is 11.3 Å². The molecule has 0 aliphatic carbocycles. The second-order valence-corrected chi connectivity index (χ2v) is 6.57. The fraction of sp³-hybridized carbons (Fsp3) is 0.0588. The summed E-state index contributed by atoms with van der Waals surface area (Å²) in [5.41, 5.74) is 1.68.